The van der Waals surface area contributed by atoms with E-state index in [4.69, 9.17) is 12.2 Å². The van der Waals surface area contributed by atoms with Gasteiger partial charge in [0.2, 0.25) is 0 Å². The zero-order chi connectivity index (χ0) is 9.78. The van der Waals surface area contributed by atoms with Gasteiger partial charge in [0, 0.05) is 20.3 Å². The fourth-order valence-corrected chi connectivity index (χ4v) is 0.434. The Morgan fingerprint density at radius 1 is 1.42 bits per heavy atom. The first-order valence-electron chi connectivity index (χ1n) is 3.84. The first kappa shape index (κ1) is 11.4. The summed E-state index contributed by atoms with van der Waals surface area (Å²) in [5, 5.41) is 4.63. The molecule has 0 aromatic rings. The summed E-state index contributed by atoms with van der Waals surface area (Å²) in [6.07, 6.45) is 1.84. The molecule has 0 saturated carbocycles. The van der Waals surface area contributed by atoms with E-state index in [1.54, 1.807) is 4.90 Å². The van der Waals surface area contributed by atoms with E-state index in [2.05, 4.69) is 31.3 Å². The van der Waals surface area contributed by atoms with Gasteiger partial charge in [0.25, 0.3) is 0 Å². The van der Waals surface area contributed by atoms with Crippen molar-refractivity contribution < 1.29 is 0 Å². The van der Waals surface area contributed by atoms with Crippen LogP contribution in [0.4, 0.5) is 0 Å². The largest absolute Gasteiger partial charge is 0.354 e. The zero-order valence-electron chi connectivity index (χ0n) is 8.38. The Kier molecular flexibility index (Phi) is 4.17. The normalized spacial score (nSPS) is 11.8. The first-order valence-corrected chi connectivity index (χ1v) is 4.25. The van der Waals surface area contributed by atoms with Crippen LogP contribution in [-0.2, 0) is 0 Å². The van der Waals surface area contributed by atoms with Gasteiger partial charge >= 0.3 is 0 Å². The molecule has 0 rings (SSSR count). The number of hydrazone groups is 1. The van der Waals surface area contributed by atoms with Gasteiger partial charge in [0.05, 0.1) is 0 Å². The van der Waals surface area contributed by atoms with E-state index in [1.165, 1.54) is 0 Å². The highest BCUT2D eigenvalue weighted by Gasteiger charge is 2.04. The summed E-state index contributed by atoms with van der Waals surface area (Å²) < 4.78 is 0. The molecule has 4 heteroatoms. The topological polar surface area (TPSA) is 27.6 Å². The highest BCUT2D eigenvalue weighted by atomic mass is 32.1. The smallest absolute Gasteiger partial charge is 0.189 e. The molecule has 0 aliphatic rings. The molecule has 0 spiro atoms. The lowest BCUT2D eigenvalue weighted by Gasteiger charge is -2.14. The standard InChI is InChI=1S/C8H17N3S/c1-8(2,3)6-9-10-7(12)11(4)5/h6H,1-5H3,(H,10,12)/b9-6+. The van der Waals surface area contributed by atoms with Crippen LogP contribution in [0.15, 0.2) is 5.10 Å². The van der Waals surface area contributed by atoms with E-state index in [0.717, 1.165) is 0 Å². The predicted molar refractivity (Wildman–Crippen MR) is 57.4 cm³/mol. The molecule has 0 atom stereocenters. The molecule has 0 heterocycles. The average Bonchev–Trinajstić information content (AvgIpc) is 1.84. The van der Waals surface area contributed by atoms with Crippen molar-refractivity contribution in [3.63, 3.8) is 0 Å². The third-order valence-corrected chi connectivity index (χ3v) is 1.47. The maximum Gasteiger partial charge on any atom is 0.189 e. The molecular formula is C8H17N3S. The number of hydrogen-bond acceptors (Lipinski definition) is 2. The second-order valence-corrected chi connectivity index (χ2v) is 4.32. The predicted octanol–water partition coefficient (Wildman–Crippen LogP) is 1.45. The van der Waals surface area contributed by atoms with Crippen LogP contribution < -0.4 is 5.43 Å². The van der Waals surface area contributed by atoms with Gasteiger partial charge in [-0.05, 0) is 17.6 Å². The van der Waals surface area contributed by atoms with Gasteiger partial charge in [0.15, 0.2) is 5.11 Å². The third kappa shape index (κ3) is 6.09. The summed E-state index contributed by atoms with van der Waals surface area (Å²) in [6, 6.07) is 0. The number of rotatable bonds is 1. The van der Waals surface area contributed by atoms with Gasteiger partial charge in [-0.3, -0.25) is 5.43 Å². The Morgan fingerprint density at radius 2 is 1.92 bits per heavy atom. The maximum atomic E-state index is 4.97. The van der Waals surface area contributed by atoms with E-state index in [0.29, 0.717) is 5.11 Å². The summed E-state index contributed by atoms with van der Waals surface area (Å²) in [5.41, 5.74) is 2.86. The summed E-state index contributed by atoms with van der Waals surface area (Å²) in [4.78, 5) is 1.80. The van der Waals surface area contributed by atoms with Crippen molar-refractivity contribution >= 4 is 23.5 Å². The highest BCUT2D eigenvalue weighted by Crippen LogP contribution is 2.07. The Morgan fingerprint density at radius 3 is 2.25 bits per heavy atom. The van der Waals surface area contributed by atoms with Crippen molar-refractivity contribution in [1.29, 1.82) is 0 Å². The molecule has 0 radical (unpaired) electrons. The van der Waals surface area contributed by atoms with Crippen LogP contribution in [0.1, 0.15) is 20.8 Å². The van der Waals surface area contributed by atoms with Crippen molar-refractivity contribution in [3.05, 3.63) is 0 Å². The lowest BCUT2D eigenvalue weighted by molar-refractivity contribution is 0.589. The van der Waals surface area contributed by atoms with E-state index in [9.17, 15) is 0 Å². The van der Waals surface area contributed by atoms with E-state index in [1.807, 2.05) is 20.3 Å². The number of nitrogens with one attached hydrogen (secondary N) is 1. The third-order valence-electron chi connectivity index (χ3n) is 1.02. The molecule has 1 N–H and O–H groups in total. The van der Waals surface area contributed by atoms with Gasteiger partial charge in [-0.15, -0.1) is 0 Å². The SMILES string of the molecule is CN(C)C(=S)N/N=C/C(C)(C)C. The van der Waals surface area contributed by atoms with Crippen molar-refractivity contribution in [1.82, 2.24) is 10.3 Å². The van der Waals surface area contributed by atoms with Crippen molar-refractivity contribution in [2.45, 2.75) is 20.8 Å². The minimum Gasteiger partial charge on any atom is -0.354 e. The molecule has 0 aromatic heterocycles. The Hall–Kier alpha value is -0.640. The molecule has 0 aliphatic carbocycles. The van der Waals surface area contributed by atoms with Crippen molar-refractivity contribution in [3.8, 4) is 0 Å². The minimum absolute atomic E-state index is 0.0922. The van der Waals surface area contributed by atoms with E-state index < -0.39 is 0 Å². The van der Waals surface area contributed by atoms with E-state index >= 15 is 0 Å². The van der Waals surface area contributed by atoms with Gasteiger partial charge < -0.3 is 4.90 Å². The number of nitrogens with zero attached hydrogens (tertiary/aromatic N) is 2. The molecular weight excluding hydrogens is 170 g/mol. The molecule has 0 amide bonds. The Balaban J connectivity index is 3.84. The maximum absolute atomic E-state index is 4.97. The van der Waals surface area contributed by atoms with Crippen molar-refractivity contribution in [2.24, 2.45) is 10.5 Å². The molecule has 0 aromatic carbocycles. The summed E-state index contributed by atoms with van der Waals surface area (Å²) in [6.45, 7) is 6.24. The lowest BCUT2D eigenvalue weighted by atomic mass is 9.99. The first-order chi connectivity index (χ1) is 5.33. The van der Waals surface area contributed by atoms with Gasteiger partial charge in [0.1, 0.15) is 0 Å². The molecule has 0 bridgehead atoms. The molecule has 0 aliphatic heterocycles. The van der Waals surface area contributed by atoms with Crippen LogP contribution >= 0.6 is 12.2 Å². The van der Waals surface area contributed by atoms with Crippen LogP contribution in [-0.4, -0.2) is 30.3 Å². The van der Waals surface area contributed by atoms with Crippen LogP contribution in [0.5, 0.6) is 0 Å². The van der Waals surface area contributed by atoms with Crippen LogP contribution in [0.25, 0.3) is 0 Å². The molecule has 0 unspecified atom stereocenters. The van der Waals surface area contributed by atoms with Crippen LogP contribution in [0.3, 0.4) is 0 Å². The van der Waals surface area contributed by atoms with Gasteiger partial charge in [-0.2, -0.15) is 5.10 Å². The minimum atomic E-state index is 0.0922. The van der Waals surface area contributed by atoms with Crippen LogP contribution in [0, 0.1) is 5.41 Å². The zero-order valence-corrected chi connectivity index (χ0v) is 9.20. The summed E-state index contributed by atoms with van der Waals surface area (Å²) in [7, 11) is 3.75. The number of thiocarbonyl (C=S) groups is 1. The van der Waals surface area contributed by atoms with Gasteiger partial charge in [-0.1, -0.05) is 20.8 Å². The summed E-state index contributed by atoms with van der Waals surface area (Å²) >= 11 is 4.97. The second kappa shape index (κ2) is 4.40. The molecule has 0 fully saturated rings. The monoisotopic (exact) mass is 187 g/mol. The molecule has 3 nitrogen and oxygen atoms in total. The second-order valence-electron chi connectivity index (χ2n) is 3.94. The summed E-state index contributed by atoms with van der Waals surface area (Å²) in [5.74, 6) is 0. The quantitative estimate of drug-likeness (QED) is 0.382. The van der Waals surface area contributed by atoms with Crippen LogP contribution in [0.2, 0.25) is 0 Å². The molecule has 12 heavy (non-hydrogen) atoms. The van der Waals surface area contributed by atoms with Crippen molar-refractivity contribution in [2.75, 3.05) is 14.1 Å². The lowest BCUT2D eigenvalue weighted by Crippen LogP contribution is -2.31. The molecule has 0 saturated heterocycles. The molecule has 70 valence electrons. The Labute approximate surface area is 79.8 Å². The highest BCUT2D eigenvalue weighted by molar-refractivity contribution is 7.80. The Bertz CT molecular complexity index is 179. The average molecular weight is 187 g/mol. The fraction of sp³-hybridized carbons (Fsp3) is 0.750. The van der Waals surface area contributed by atoms with Gasteiger partial charge in [-0.25, -0.2) is 0 Å². The van der Waals surface area contributed by atoms with E-state index in [-0.39, 0.29) is 5.41 Å². The number of hydrogen-bond donors (Lipinski definition) is 1. The fourth-order valence-electron chi connectivity index (χ4n) is 0.381.